The topological polar surface area (TPSA) is 65.9 Å². The number of hydrogen-bond acceptors (Lipinski definition) is 3. The molecule has 0 heterocycles. The molecule has 0 saturated heterocycles. The van der Waals surface area contributed by atoms with Gasteiger partial charge in [0.15, 0.2) is 17.5 Å². The van der Waals surface area contributed by atoms with Crippen LogP contribution in [0.3, 0.4) is 0 Å². The number of para-hydroxylation sites is 1. The number of nitrogens with one attached hydrogen (secondary N) is 2. The fraction of sp³-hybridized carbons (Fsp3) is 0.409. The van der Waals surface area contributed by atoms with E-state index in [0.29, 0.717) is 31.2 Å². The Hall–Kier alpha value is -1.96. The van der Waals surface area contributed by atoms with Crippen molar-refractivity contribution in [2.24, 2.45) is 4.99 Å². The van der Waals surface area contributed by atoms with Gasteiger partial charge in [-0.3, -0.25) is 4.99 Å². The Kier molecular flexibility index (Phi) is 10.7. The van der Waals surface area contributed by atoms with Gasteiger partial charge in [0.1, 0.15) is 0 Å². The van der Waals surface area contributed by atoms with Crippen molar-refractivity contribution in [1.82, 2.24) is 10.6 Å². The van der Waals surface area contributed by atoms with Crippen molar-refractivity contribution >= 4 is 29.9 Å². The van der Waals surface area contributed by atoms with Gasteiger partial charge in [0.25, 0.3) is 0 Å². The lowest BCUT2D eigenvalue weighted by Gasteiger charge is -2.14. The molecular weight excluding hydrogens is 465 g/mol. The van der Waals surface area contributed by atoms with Gasteiger partial charge in [0.05, 0.1) is 7.11 Å². The summed E-state index contributed by atoms with van der Waals surface area (Å²) < 4.78 is 5.16. The summed E-state index contributed by atoms with van der Waals surface area (Å²) in [4.78, 5) is 4.71. The number of aryl methyl sites for hydroxylation is 1. The lowest BCUT2D eigenvalue weighted by atomic mass is 10.0. The summed E-state index contributed by atoms with van der Waals surface area (Å²) in [6.07, 6.45) is 0.682. The lowest BCUT2D eigenvalue weighted by Crippen LogP contribution is -2.38. The van der Waals surface area contributed by atoms with E-state index in [2.05, 4.69) is 55.7 Å². The number of halogens is 1. The zero-order valence-corrected chi connectivity index (χ0v) is 19.5. The second-order valence-corrected chi connectivity index (χ2v) is 6.68. The molecule has 0 aliphatic carbocycles. The minimum absolute atomic E-state index is 0. The third-order valence-electron chi connectivity index (χ3n) is 4.50. The molecule has 5 nitrogen and oxygen atoms in total. The first kappa shape index (κ1) is 24.1. The van der Waals surface area contributed by atoms with Gasteiger partial charge < -0.3 is 20.5 Å². The van der Waals surface area contributed by atoms with Crippen LogP contribution in [-0.4, -0.2) is 37.8 Å². The number of rotatable bonds is 8. The Morgan fingerprint density at radius 2 is 1.86 bits per heavy atom. The van der Waals surface area contributed by atoms with Crippen LogP contribution in [0.4, 0.5) is 0 Å². The van der Waals surface area contributed by atoms with E-state index < -0.39 is 0 Å². The Labute approximate surface area is 185 Å². The largest absolute Gasteiger partial charge is 0.504 e. The molecular formula is C22H32IN3O2. The van der Waals surface area contributed by atoms with Crippen molar-refractivity contribution < 1.29 is 9.84 Å². The number of phenols is 1. The number of aromatic hydroxyl groups is 1. The third kappa shape index (κ3) is 7.22. The minimum atomic E-state index is 0. The SMILES string of the molecule is CCNC(=NCC(C)c1ccc(C)cc1)NCCc1cccc(OC)c1O.I. The first-order valence-electron chi connectivity index (χ1n) is 9.48. The van der Waals surface area contributed by atoms with E-state index in [4.69, 9.17) is 9.73 Å². The first-order chi connectivity index (χ1) is 13.0. The Morgan fingerprint density at radius 1 is 1.14 bits per heavy atom. The van der Waals surface area contributed by atoms with E-state index in [1.54, 1.807) is 13.2 Å². The van der Waals surface area contributed by atoms with Gasteiger partial charge in [-0.05, 0) is 37.5 Å². The molecule has 0 aromatic heterocycles. The van der Waals surface area contributed by atoms with E-state index >= 15 is 0 Å². The minimum Gasteiger partial charge on any atom is -0.504 e. The highest BCUT2D eigenvalue weighted by Gasteiger charge is 2.08. The summed E-state index contributed by atoms with van der Waals surface area (Å²) in [5.41, 5.74) is 3.41. The maximum atomic E-state index is 10.2. The fourth-order valence-corrected chi connectivity index (χ4v) is 2.82. The molecule has 154 valence electrons. The predicted octanol–water partition coefficient (Wildman–Crippen LogP) is 4.23. The van der Waals surface area contributed by atoms with E-state index in [0.717, 1.165) is 18.1 Å². The molecule has 0 spiro atoms. The smallest absolute Gasteiger partial charge is 0.191 e. The predicted molar refractivity (Wildman–Crippen MR) is 127 cm³/mol. The van der Waals surface area contributed by atoms with Crippen LogP contribution < -0.4 is 15.4 Å². The molecule has 0 saturated carbocycles. The third-order valence-corrected chi connectivity index (χ3v) is 4.50. The van der Waals surface area contributed by atoms with E-state index in [9.17, 15) is 5.11 Å². The van der Waals surface area contributed by atoms with E-state index in [-0.39, 0.29) is 29.7 Å². The average molecular weight is 497 g/mol. The number of benzene rings is 2. The molecule has 1 atom stereocenters. The van der Waals surface area contributed by atoms with Crippen LogP contribution in [0, 0.1) is 6.92 Å². The number of methoxy groups -OCH3 is 1. The molecule has 2 rings (SSSR count). The molecule has 0 radical (unpaired) electrons. The summed E-state index contributed by atoms with van der Waals surface area (Å²) >= 11 is 0. The maximum absolute atomic E-state index is 10.2. The standard InChI is InChI=1S/C22H31N3O2.HI/c1-5-23-22(25-15-17(3)18-11-9-16(2)10-12-18)24-14-13-19-7-6-8-20(27-4)21(19)26;/h6-12,17,26H,5,13-15H2,1-4H3,(H2,23,24,25);1H. The summed E-state index contributed by atoms with van der Waals surface area (Å²) in [6, 6.07) is 14.2. The molecule has 0 amide bonds. The quantitative estimate of drug-likeness (QED) is 0.290. The van der Waals surface area contributed by atoms with Gasteiger partial charge >= 0.3 is 0 Å². The van der Waals surface area contributed by atoms with Crippen LogP contribution in [0.25, 0.3) is 0 Å². The van der Waals surface area contributed by atoms with Crippen LogP contribution in [0.2, 0.25) is 0 Å². The summed E-state index contributed by atoms with van der Waals surface area (Å²) in [5, 5.41) is 16.8. The average Bonchev–Trinajstić information content (AvgIpc) is 2.67. The second-order valence-electron chi connectivity index (χ2n) is 6.68. The van der Waals surface area contributed by atoms with Gasteiger partial charge in [-0.1, -0.05) is 48.9 Å². The highest BCUT2D eigenvalue weighted by molar-refractivity contribution is 14.0. The highest BCUT2D eigenvalue weighted by atomic mass is 127. The number of guanidine groups is 1. The van der Waals surface area contributed by atoms with Gasteiger partial charge in [-0.2, -0.15) is 0 Å². The highest BCUT2D eigenvalue weighted by Crippen LogP contribution is 2.29. The van der Waals surface area contributed by atoms with Crippen molar-refractivity contribution in [3.05, 3.63) is 59.2 Å². The van der Waals surface area contributed by atoms with Gasteiger partial charge in [-0.15, -0.1) is 24.0 Å². The summed E-state index contributed by atoms with van der Waals surface area (Å²) in [6.45, 7) is 8.52. The van der Waals surface area contributed by atoms with E-state index in [1.165, 1.54) is 11.1 Å². The summed E-state index contributed by atoms with van der Waals surface area (Å²) in [7, 11) is 1.56. The molecule has 0 aliphatic rings. The molecule has 2 aromatic carbocycles. The van der Waals surface area contributed by atoms with Crippen LogP contribution in [-0.2, 0) is 6.42 Å². The Bertz CT molecular complexity index is 748. The normalized spacial score (nSPS) is 12.1. The van der Waals surface area contributed by atoms with Gasteiger partial charge in [-0.25, -0.2) is 0 Å². The molecule has 6 heteroatoms. The lowest BCUT2D eigenvalue weighted by molar-refractivity contribution is 0.370. The number of phenolic OH excluding ortho intramolecular Hbond substituents is 1. The fourth-order valence-electron chi connectivity index (χ4n) is 2.82. The first-order valence-corrected chi connectivity index (χ1v) is 9.48. The monoisotopic (exact) mass is 497 g/mol. The van der Waals surface area contributed by atoms with Crippen LogP contribution >= 0.6 is 24.0 Å². The molecule has 1 unspecified atom stereocenters. The number of hydrogen-bond donors (Lipinski definition) is 3. The van der Waals surface area contributed by atoms with Crippen LogP contribution in [0.1, 0.15) is 36.5 Å². The molecule has 3 N–H and O–H groups in total. The molecule has 0 bridgehead atoms. The van der Waals surface area contributed by atoms with Crippen molar-refractivity contribution in [3.8, 4) is 11.5 Å². The number of ether oxygens (including phenoxy) is 1. The van der Waals surface area contributed by atoms with E-state index in [1.807, 2.05) is 12.1 Å². The Morgan fingerprint density at radius 3 is 2.50 bits per heavy atom. The molecule has 0 aliphatic heterocycles. The molecule has 2 aromatic rings. The van der Waals surface area contributed by atoms with Crippen molar-refractivity contribution in [2.75, 3.05) is 26.7 Å². The Balaban J connectivity index is 0.00000392. The van der Waals surface area contributed by atoms with Crippen LogP contribution in [0.15, 0.2) is 47.5 Å². The molecule has 28 heavy (non-hydrogen) atoms. The van der Waals surface area contributed by atoms with Crippen molar-refractivity contribution in [3.63, 3.8) is 0 Å². The van der Waals surface area contributed by atoms with Crippen molar-refractivity contribution in [2.45, 2.75) is 33.1 Å². The van der Waals surface area contributed by atoms with Gasteiger partial charge in [0, 0.05) is 25.6 Å². The van der Waals surface area contributed by atoms with Gasteiger partial charge in [0.2, 0.25) is 0 Å². The summed E-state index contributed by atoms with van der Waals surface area (Å²) in [5.74, 6) is 1.85. The molecule has 0 fully saturated rings. The van der Waals surface area contributed by atoms with Crippen molar-refractivity contribution in [1.29, 1.82) is 0 Å². The zero-order valence-electron chi connectivity index (χ0n) is 17.2. The zero-order chi connectivity index (χ0) is 19.6. The van der Waals surface area contributed by atoms with Crippen LogP contribution in [0.5, 0.6) is 11.5 Å². The number of aliphatic imine (C=N–C) groups is 1. The second kappa shape index (κ2) is 12.5. The maximum Gasteiger partial charge on any atom is 0.191 e. The number of nitrogens with zero attached hydrogens (tertiary/aromatic N) is 1.